The molecule has 1 atom stereocenters. The molecule has 0 spiro atoms. The standard InChI is InChI=1S/C14H19ClN2O2/c1-11-9-17(8-2-7-16-11)14(18)10-19-13-5-3-12(15)4-6-13/h3-6,11,16H,2,7-10H2,1H3. The first-order valence-corrected chi connectivity index (χ1v) is 6.92. The molecule has 1 aliphatic heterocycles. The Hall–Kier alpha value is -1.26. The highest BCUT2D eigenvalue weighted by Crippen LogP contribution is 2.15. The Labute approximate surface area is 118 Å². The zero-order valence-corrected chi connectivity index (χ0v) is 11.8. The lowest BCUT2D eigenvalue weighted by molar-refractivity contribution is -0.133. The Morgan fingerprint density at radius 1 is 1.47 bits per heavy atom. The molecule has 1 aliphatic rings. The molecule has 0 bridgehead atoms. The molecule has 2 rings (SSSR count). The zero-order chi connectivity index (χ0) is 13.7. The third kappa shape index (κ3) is 4.40. The molecule has 1 aromatic rings. The number of amides is 1. The van der Waals surface area contributed by atoms with Crippen LogP contribution in [0.1, 0.15) is 13.3 Å². The Morgan fingerprint density at radius 2 is 2.21 bits per heavy atom. The molecule has 104 valence electrons. The van der Waals surface area contributed by atoms with E-state index < -0.39 is 0 Å². The van der Waals surface area contributed by atoms with Crippen molar-refractivity contribution >= 4 is 17.5 Å². The van der Waals surface area contributed by atoms with E-state index in [0.717, 1.165) is 26.1 Å². The Balaban J connectivity index is 1.84. The van der Waals surface area contributed by atoms with Crippen LogP contribution >= 0.6 is 11.6 Å². The maximum atomic E-state index is 12.1. The highest BCUT2D eigenvalue weighted by Gasteiger charge is 2.19. The van der Waals surface area contributed by atoms with Gasteiger partial charge in [-0.25, -0.2) is 0 Å². The van der Waals surface area contributed by atoms with Gasteiger partial charge in [0.05, 0.1) is 0 Å². The first-order chi connectivity index (χ1) is 9.15. The second-order valence-corrected chi connectivity index (χ2v) is 5.23. The van der Waals surface area contributed by atoms with Crippen LogP contribution in [0, 0.1) is 0 Å². The molecular formula is C14H19ClN2O2. The van der Waals surface area contributed by atoms with Gasteiger partial charge < -0.3 is 15.0 Å². The Morgan fingerprint density at radius 3 is 2.95 bits per heavy atom. The second kappa shape index (κ2) is 6.78. The van der Waals surface area contributed by atoms with E-state index in [4.69, 9.17) is 16.3 Å². The summed E-state index contributed by atoms with van der Waals surface area (Å²) in [5.74, 6) is 0.698. The fraction of sp³-hybridized carbons (Fsp3) is 0.500. The SMILES string of the molecule is CC1CN(C(=O)COc2ccc(Cl)cc2)CCCN1. The highest BCUT2D eigenvalue weighted by molar-refractivity contribution is 6.30. The van der Waals surface area contributed by atoms with Crippen LogP contribution in [0.15, 0.2) is 24.3 Å². The van der Waals surface area contributed by atoms with Crippen molar-refractivity contribution in [3.05, 3.63) is 29.3 Å². The van der Waals surface area contributed by atoms with E-state index in [-0.39, 0.29) is 12.5 Å². The van der Waals surface area contributed by atoms with Gasteiger partial charge in [-0.3, -0.25) is 4.79 Å². The lowest BCUT2D eigenvalue weighted by atomic mass is 10.3. The zero-order valence-electron chi connectivity index (χ0n) is 11.1. The van der Waals surface area contributed by atoms with Crippen molar-refractivity contribution in [2.45, 2.75) is 19.4 Å². The van der Waals surface area contributed by atoms with Crippen LogP contribution in [0.25, 0.3) is 0 Å². The number of carbonyl (C=O) groups is 1. The largest absolute Gasteiger partial charge is 0.484 e. The number of halogens is 1. The molecule has 4 nitrogen and oxygen atoms in total. The summed E-state index contributed by atoms with van der Waals surface area (Å²) in [4.78, 5) is 13.9. The number of benzene rings is 1. The van der Waals surface area contributed by atoms with Crippen LogP contribution in [0.5, 0.6) is 5.75 Å². The minimum Gasteiger partial charge on any atom is -0.484 e. The minimum atomic E-state index is 0.0329. The van der Waals surface area contributed by atoms with Crippen molar-refractivity contribution in [1.82, 2.24) is 10.2 Å². The smallest absolute Gasteiger partial charge is 0.260 e. The van der Waals surface area contributed by atoms with Crippen LogP contribution < -0.4 is 10.1 Å². The monoisotopic (exact) mass is 282 g/mol. The molecule has 1 N–H and O–H groups in total. The van der Waals surface area contributed by atoms with Gasteiger partial charge in [-0.15, -0.1) is 0 Å². The molecule has 19 heavy (non-hydrogen) atoms. The average molecular weight is 283 g/mol. The molecule has 5 heteroatoms. The van der Waals surface area contributed by atoms with Crippen LogP contribution in [0.2, 0.25) is 5.02 Å². The predicted octanol–water partition coefficient (Wildman–Crippen LogP) is 1.93. The van der Waals surface area contributed by atoms with Gasteiger partial charge in [0.2, 0.25) is 0 Å². The van der Waals surface area contributed by atoms with Crippen molar-refractivity contribution < 1.29 is 9.53 Å². The number of hydrogen-bond acceptors (Lipinski definition) is 3. The number of carbonyl (C=O) groups excluding carboxylic acids is 1. The molecule has 1 unspecified atom stereocenters. The number of ether oxygens (including phenoxy) is 1. The van der Waals surface area contributed by atoms with Crippen LogP contribution in [0.4, 0.5) is 0 Å². The van der Waals surface area contributed by atoms with Crippen LogP contribution in [0.3, 0.4) is 0 Å². The predicted molar refractivity (Wildman–Crippen MR) is 75.6 cm³/mol. The summed E-state index contributed by atoms with van der Waals surface area (Å²) in [6, 6.07) is 7.37. The van der Waals surface area contributed by atoms with Crippen molar-refractivity contribution in [3.8, 4) is 5.75 Å². The third-order valence-corrected chi connectivity index (χ3v) is 3.37. The summed E-state index contributed by atoms with van der Waals surface area (Å²) in [5.41, 5.74) is 0. The minimum absolute atomic E-state index is 0.0329. The lowest BCUT2D eigenvalue weighted by Crippen LogP contribution is -2.41. The van der Waals surface area contributed by atoms with Gasteiger partial charge >= 0.3 is 0 Å². The van der Waals surface area contributed by atoms with Gasteiger partial charge in [0.1, 0.15) is 5.75 Å². The molecule has 0 aliphatic carbocycles. The fourth-order valence-corrected chi connectivity index (χ4v) is 2.22. The Kier molecular flexibility index (Phi) is 5.05. The molecular weight excluding hydrogens is 264 g/mol. The molecule has 1 heterocycles. The normalized spacial score (nSPS) is 19.9. The number of hydrogen-bond donors (Lipinski definition) is 1. The number of rotatable bonds is 3. The Bertz CT molecular complexity index is 422. The quantitative estimate of drug-likeness (QED) is 0.921. The van der Waals surface area contributed by atoms with Gasteiger partial charge in [-0.2, -0.15) is 0 Å². The summed E-state index contributed by atoms with van der Waals surface area (Å²) in [5, 5.41) is 4.02. The highest BCUT2D eigenvalue weighted by atomic mass is 35.5. The van der Waals surface area contributed by atoms with Crippen LogP contribution in [-0.2, 0) is 4.79 Å². The molecule has 0 radical (unpaired) electrons. The number of nitrogens with one attached hydrogen (secondary N) is 1. The van der Waals surface area contributed by atoms with E-state index >= 15 is 0 Å². The molecule has 1 aromatic carbocycles. The average Bonchev–Trinajstić information content (AvgIpc) is 2.62. The fourth-order valence-electron chi connectivity index (χ4n) is 2.10. The van der Waals surface area contributed by atoms with Gasteiger partial charge in [0.25, 0.3) is 5.91 Å². The van der Waals surface area contributed by atoms with E-state index in [2.05, 4.69) is 12.2 Å². The van der Waals surface area contributed by atoms with Crippen molar-refractivity contribution in [3.63, 3.8) is 0 Å². The second-order valence-electron chi connectivity index (χ2n) is 4.79. The maximum absolute atomic E-state index is 12.1. The summed E-state index contributed by atoms with van der Waals surface area (Å²) >= 11 is 5.79. The van der Waals surface area contributed by atoms with E-state index in [9.17, 15) is 4.79 Å². The van der Waals surface area contributed by atoms with Gasteiger partial charge in [0.15, 0.2) is 6.61 Å². The van der Waals surface area contributed by atoms with Crippen molar-refractivity contribution in [2.75, 3.05) is 26.2 Å². The van der Waals surface area contributed by atoms with Crippen molar-refractivity contribution in [2.24, 2.45) is 0 Å². The number of nitrogens with zero attached hydrogens (tertiary/aromatic N) is 1. The topological polar surface area (TPSA) is 41.6 Å². The van der Waals surface area contributed by atoms with Gasteiger partial charge in [0, 0.05) is 24.2 Å². The first kappa shape index (κ1) is 14.2. The molecule has 1 saturated heterocycles. The first-order valence-electron chi connectivity index (χ1n) is 6.54. The van der Waals surface area contributed by atoms with E-state index in [1.54, 1.807) is 24.3 Å². The van der Waals surface area contributed by atoms with Crippen molar-refractivity contribution in [1.29, 1.82) is 0 Å². The van der Waals surface area contributed by atoms with E-state index in [1.807, 2.05) is 4.90 Å². The lowest BCUT2D eigenvalue weighted by Gasteiger charge is -2.22. The van der Waals surface area contributed by atoms with Crippen LogP contribution in [-0.4, -0.2) is 43.1 Å². The summed E-state index contributed by atoms with van der Waals surface area (Å²) in [6.07, 6.45) is 0.983. The third-order valence-electron chi connectivity index (χ3n) is 3.12. The molecule has 0 saturated carbocycles. The maximum Gasteiger partial charge on any atom is 0.260 e. The molecule has 1 fully saturated rings. The summed E-state index contributed by atoms with van der Waals surface area (Å²) in [6.45, 7) is 4.66. The molecule has 1 amide bonds. The van der Waals surface area contributed by atoms with Gasteiger partial charge in [-0.1, -0.05) is 11.6 Å². The molecule has 0 aromatic heterocycles. The van der Waals surface area contributed by atoms with E-state index in [0.29, 0.717) is 16.8 Å². The summed E-state index contributed by atoms with van der Waals surface area (Å²) in [7, 11) is 0. The summed E-state index contributed by atoms with van der Waals surface area (Å²) < 4.78 is 5.48. The van der Waals surface area contributed by atoms with E-state index in [1.165, 1.54) is 0 Å². The van der Waals surface area contributed by atoms with Gasteiger partial charge in [-0.05, 0) is 44.2 Å².